The summed E-state index contributed by atoms with van der Waals surface area (Å²) in [6.07, 6.45) is 0. The topological polar surface area (TPSA) is 55.1 Å². The van der Waals surface area contributed by atoms with Crippen molar-refractivity contribution >= 4 is 11.6 Å². The van der Waals surface area contributed by atoms with E-state index in [0.717, 1.165) is 27.9 Å². The molecule has 1 unspecified atom stereocenters. The standard InChI is InChI=1S/C18H20N2O/c1-11-9-13(15(19)12-7-5-4-6-8-12)16-14(10-11)18(2,3)17(21)20-16/h4-10,15H,19H2,1-3H3,(H,20,21). The second-order valence-electron chi connectivity index (χ2n) is 6.24. The van der Waals surface area contributed by atoms with Crippen LogP contribution in [0.3, 0.4) is 0 Å². The molecule has 1 atom stereocenters. The molecule has 0 saturated carbocycles. The summed E-state index contributed by atoms with van der Waals surface area (Å²) in [7, 11) is 0. The van der Waals surface area contributed by atoms with Gasteiger partial charge in [0.15, 0.2) is 0 Å². The van der Waals surface area contributed by atoms with E-state index in [1.54, 1.807) is 0 Å². The molecular weight excluding hydrogens is 260 g/mol. The van der Waals surface area contributed by atoms with Crippen LogP contribution in [-0.2, 0) is 10.2 Å². The minimum atomic E-state index is -0.507. The van der Waals surface area contributed by atoms with Crippen LogP contribution in [-0.4, -0.2) is 5.91 Å². The molecule has 0 radical (unpaired) electrons. The third-order valence-corrected chi connectivity index (χ3v) is 4.29. The number of carbonyl (C=O) groups is 1. The molecule has 0 aromatic heterocycles. The van der Waals surface area contributed by atoms with Gasteiger partial charge in [0.2, 0.25) is 5.91 Å². The second kappa shape index (κ2) is 4.71. The lowest BCUT2D eigenvalue weighted by atomic mass is 9.83. The fourth-order valence-electron chi connectivity index (χ4n) is 2.92. The Morgan fingerprint density at radius 3 is 2.48 bits per heavy atom. The van der Waals surface area contributed by atoms with Crippen molar-refractivity contribution in [3.05, 3.63) is 64.7 Å². The molecule has 1 aliphatic heterocycles. The number of fused-ring (bicyclic) bond motifs is 1. The van der Waals surface area contributed by atoms with Crippen molar-refractivity contribution in [3.8, 4) is 0 Å². The average Bonchev–Trinajstić information content (AvgIpc) is 2.69. The highest BCUT2D eigenvalue weighted by Gasteiger charge is 2.40. The zero-order valence-corrected chi connectivity index (χ0v) is 12.6. The fraction of sp³-hybridized carbons (Fsp3) is 0.278. The Hall–Kier alpha value is -2.13. The van der Waals surface area contributed by atoms with Crippen molar-refractivity contribution in [1.29, 1.82) is 0 Å². The third kappa shape index (κ3) is 2.14. The van der Waals surface area contributed by atoms with Crippen LogP contribution in [0.4, 0.5) is 5.69 Å². The van der Waals surface area contributed by atoms with Crippen molar-refractivity contribution in [3.63, 3.8) is 0 Å². The Labute approximate surface area is 125 Å². The van der Waals surface area contributed by atoms with Crippen molar-refractivity contribution in [2.24, 2.45) is 5.73 Å². The van der Waals surface area contributed by atoms with E-state index in [-0.39, 0.29) is 11.9 Å². The van der Waals surface area contributed by atoms with E-state index in [4.69, 9.17) is 5.73 Å². The number of hydrogen-bond acceptors (Lipinski definition) is 2. The van der Waals surface area contributed by atoms with E-state index in [9.17, 15) is 4.79 Å². The smallest absolute Gasteiger partial charge is 0.234 e. The van der Waals surface area contributed by atoms with Crippen LogP contribution in [0.15, 0.2) is 42.5 Å². The monoisotopic (exact) mass is 280 g/mol. The van der Waals surface area contributed by atoms with E-state index in [1.165, 1.54) is 0 Å². The second-order valence-corrected chi connectivity index (χ2v) is 6.24. The first-order chi connectivity index (χ1) is 9.91. The summed E-state index contributed by atoms with van der Waals surface area (Å²) in [5, 5.41) is 3.02. The van der Waals surface area contributed by atoms with Gasteiger partial charge in [0.25, 0.3) is 0 Å². The molecule has 1 heterocycles. The minimum absolute atomic E-state index is 0.0320. The van der Waals surface area contributed by atoms with E-state index in [2.05, 4.69) is 17.4 Å². The largest absolute Gasteiger partial charge is 0.325 e. The molecule has 0 spiro atoms. The molecule has 1 aliphatic rings. The highest BCUT2D eigenvalue weighted by Crippen LogP contribution is 2.42. The first-order valence-corrected chi connectivity index (χ1v) is 7.18. The first-order valence-electron chi connectivity index (χ1n) is 7.18. The normalized spacial score (nSPS) is 17.2. The van der Waals surface area contributed by atoms with E-state index in [0.29, 0.717) is 0 Å². The zero-order chi connectivity index (χ0) is 15.2. The van der Waals surface area contributed by atoms with Crippen LogP contribution in [0.25, 0.3) is 0 Å². The van der Waals surface area contributed by atoms with Crippen molar-refractivity contribution in [2.75, 3.05) is 5.32 Å². The number of carbonyl (C=O) groups excluding carboxylic acids is 1. The number of benzene rings is 2. The highest BCUT2D eigenvalue weighted by molar-refractivity contribution is 6.06. The number of nitrogens with two attached hydrogens (primary N) is 1. The first kappa shape index (κ1) is 13.8. The van der Waals surface area contributed by atoms with Gasteiger partial charge in [-0.05, 0) is 37.5 Å². The molecule has 108 valence electrons. The molecular formula is C18H20N2O. The maximum absolute atomic E-state index is 12.2. The number of aryl methyl sites for hydroxylation is 1. The fourth-order valence-corrected chi connectivity index (χ4v) is 2.92. The van der Waals surface area contributed by atoms with Gasteiger partial charge in [0, 0.05) is 0 Å². The molecule has 21 heavy (non-hydrogen) atoms. The van der Waals surface area contributed by atoms with Gasteiger partial charge in [-0.15, -0.1) is 0 Å². The molecule has 2 aromatic rings. The molecule has 0 bridgehead atoms. The Morgan fingerprint density at radius 2 is 1.81 bits per heavy atom. The van der Waals surface area contributed by atoms with Gasteiger partial charge < -0.3 is 11.1 Å². The maximum atomic E-state index is 12.2. The summed E-state index contributed by atoms with van der Waals surface area (Å²) in [4.78, 5) is 12.2. The lowest BCUT2D eigenvalue weighted by Crippen LogP contribution is -2.26. The van der Waals surface area contributed by atoms with Crippen molar-refractivity contribution in [1.82, 2.24) is 0 Å². The van der Waals surface area contributed by atoms with E-state index in [1.807, 2.05) is 51.1 Å². The van der Waals surface area contributed by atoms with Crippen LogP contribution < -0.4 is 11.1 Å². The van der Waals surface area contributed by atoms with Crippen molar-refractivity contribution in [2.45, 2.75) is 32.2 Å². The Balaban J connectivity index is 2.16. The summed E-state index contributed by atoms with van der Waals surface area (Å²) < 4.78 is 0. The van der Waals surface area contributed by atoms with Gasteiger partial charge in [-0.3, -0.25) is 4.79 Å². The number of amides is 1. The summed E-state index contributed by atoms with van der Waals surface area (Å²) in [5.74, 6) is 0.0320. The predicted octanol–water partition coefficient (Wildman–Crippen LogP) is 3.27. The quantitative estimate of drug-likeness (QED) is 0.887. The van der Waals surface area contributed by atoms with Gasteiger partial charge >= 0.3 is 0 Å². The maximum Gasteiger partial charge on any atom is 0.234 e. The average molecular weight is 280 g/mol. The minimum Gasteiger partial charge on any atom is -0.325 e. The number of anilines is 1. The molecule has 3 heteroatoms. The molecule has 0 fully saturated rings. The van der Waals surface area contributed by atoms with Gasteiger partial charge in [-0.2, -0.15) is 0 Å². The lowest BCUT2D eigenvalue weighted by Gasteiger charge is -2.19. The molecule has 3 rings (SSSR count). The Bertz CT molecular complexity index is 705. The molecule has 3 nitrogen and oxygen atoms in total. The zero-order valence-electron chi connectivity index (χ0n) is 12.6. The highest BCUT2D eigenvalue weighted by atomic mass is 16.2. The molecule has 2 aromatic carbocycles. The Kier molecular flexibility index (Phi) is 3.10. The Morgan fingerprint density at radius 1 is 1.14 bits per heavy atom. The van der Waals surface area contributed by atoms with E-state index < -0.39 is 5.41 Å². The van der Waals surface area contributed by atoms with Crippen LogP contribution in [0.1, 0.15) is 42.1 Å². The number of nitrogens with one attached hydrogen (secondary N) is 1. The SMILES string of the molecule is Cc1cc(C(N)c2ccccc2)c2c(c1)C(C)(C)C(=O)N2. The molecule has 3 N–H and O–H groups in total. The van der Waals surface area contributed by atoms with Crippen molar-refractivity contribution < 1.29 is 4.79 Å². The lowest BCUT2D eigenvalue weighted by molar-refractivity contribution is -0.119. The summed E-state index contributed by atoms with van der Waals surface area (Å²) >= 11 is 0. The van der Waals surface area contributed by atoms with Gasteiger partial charge in [-0.25, -0.2) is 0 Å². The van der Waals surface area contributed by atoms with Crippen LogP contribution >= 0.6 is 0 Å². The third-order valence-electron chi connectivity index (χ3n) is 4.29. The summed E-state index contributed by atoms with van der Waals surface area (Å²) in [6.45, 7) is 5.94. The van der Waals surface area contributed by atoms with Gasteiger partial charge in [0.05, 0.1) is 17.1 Å². The van der Waals surface area contributed by atoms with E-state index >= 15 is 0 Å². The summed E-state index contributed by atoms with van der Waals surface area (Å²) in [6, 6.07) is 13.9. The van der Waals surface area contributed by atoms with Gasteiger partial charge in [-0.1, -0.05) is 48.0 Å². The van der Waals surface area contributed by atoms with Crippen LogP contribution in [0.5, 0.6) is 0 Å². The predicted molar refractivity (Wildman–Crippen MR) is 85.3 cm³/mol. The molecule has 0 aliphatic carbocycles. The van der Waals surface area contributed by atoms with Crippen LogP contribution in [0, 0.1) is 6.92 Å². The number of hydrogen-bond donors (Lipinski definition) is 2. The number of rotatable bonds is 2. The van der Waals surface area contributed by atoms with Crippen LogP contribution in [0.2, 0.25) is 0 Å². The molecule has 0 saturated heterocycles. The van der Waals surface area contributed by atoms with Gasteiger partial charge in [0.1, 0.15) is 0 Å². The molecule has 1 amide bonds. The summed E-state index contributed by atoms with van der Waals surface area (Å²) in [5.41, 5.74) is 11.0.